The van der Waals surface area contributed by atoms with Gasteiger partial charge in [-0.15, -0.1) is 11.6 Å². The number of hydroxylamine groups is 1. The SMILES string of the molecule is C/C=C\c1c(C[C@H](NC(=O)[C@H](CC(C)C)[C@@H](Cl)C(=O)NO)C(=O)NC2CC2)c[nH]c1C. The molecule has 172 valence electrons. The molecule has 1 aliphatic rings. The number of amides is 3. The van der Waals surface area contributed by atoms with E-state index in [1.165, 1.54) is 5.48 Å². The molecule has 2 rings (SSSR count). The van der Waals surface area contributed by atoms with E-state index < -0.39 is 29.2 Å². The number of H-pyrrole nitrogens is 1. The van der Waals surface area contributed by atoms with Gasteiger partial charge in [0, 0.05) is 24.4 Å². The average Bonchev–Trinajstić information content (AvgIpc) is 3.48. The molecule has 1 aromatic rings. The molecule has 0 saturated heterocycles. The summed E-state index contributed by atoms with van der Waals surface area (Å²) in [6.45, 7) is 7.67. The first-order chi connectivity index (χ1) is 14.7. The van der Waals surface area contributed by atoms with Gasteiger partial charge in [0.1, 0.15) is 11.4 Å². The second-order valence-corrected chi connectivity index (χ2v) is 8.98. The van der Waals surface area contributed by atoms with E-state index in [-0.39, 0.29) is 17.9 Å². The Hall–Kier alpha value is -2.32. The van der Waals surface area contributed by atoms with Gasteiger partial charge in [-0.25, -0.2) is 5.48 Å². The Morgan fingerprint density at radius 3 is 2.48 bits per heavy atom. The molecule has 0 bridgehead atoms. The minimum absolute atomic E-state index is 0.0795. The van der Waals surface area contributed by atoms with Crippen LogP contribution in [0.1, 0.15) is 56.9 Å². The summed E-state index contributed by atoms with van der Waals surface area (Å²) in [5.74, 6) is -2.42. The molecule has 8 nitrogen and oxygen atoms in total. The zero-order valence-corrected chi connectivity index (χ0v) is 19.3. The van der Waals surface area contributed by atoms with Crippen molar-refractivity contribution in [2.45, 2.75) is 70.8 Å². The number of alkyl halides is 1. The number of allylic oxidation sites excluding steroid dienone is 1. The standard InChI is InChI=1S/C22H33ClN4O4/c1-5-6-16-13(4)24-11-14(16)10-18(21(29)25-15-7-8-15)26-20(28)17(9-12(2)3)19(23)22(30)27-31/h5-6,11-12,15,17-19,24,31H,7-10H2,1-4H3,(H,25,29)(H,26,28)(H,27,30)/b6-5-/t17-,18+,19-/m1/s1. The number of halogens is 1. The van der Waals surface area contributed by atoms with Gasteiger partial charge in [0.2, 0.25) is 11.8 Å². The van der Waals surface area contributed by atoms with E-state index in [0.717, 1.165) is 29.7 Å². The summed E-state index contributed by atoms with van der Waals surface area (Å²) in [6, 6.07) is -0.676. The van der Waals surface area contributed by atoms with Crippen LogP contribution in [0.15, 0.2) is 12.3 Å². The Bertz CT molecular complexity index is 816. The lowest BCUT2D eigenvalue weighted by Crippen LogP contribution is -2.52. The van der Waals surface area contributed by atoms with Crippen molar-refractivity contribution in [3.63, 3.8) is 0 Å². The van der Waals surface area contributed by atoms with Gasteiger partial charge in [-0.05, 0) is 50.2 Å². The van der Waals surface area contributed by atoms with Crippen LogP contribution in [-0.2, 0) is 20.8 Å². The molecule has 1 heterocycles. The van der Waals surface area contributed by atoms with Crippen molar-refractivity contribution in [3.8, 4) is 0 Å². The molecule has 0 unspecified atom stereocenters. The van der Waals surface area contributed by atoms with Crippen molar-refractivity contribution < 1.29 is 19.6 Å². The summed E-state index contributed by atoms with van der Waals surface area (Å²) in [7, 11) is 0. The van der Waals surface area contributed by atoms with Crippen LogP contribution in [0.4, 0.5) is 0 Å². The van der Waals surface area contributed by atoms with Crippen LogP contribution in [0.2, 0.25) is 0 Å². The van der Waals surface area contributed by atoms with Crippen LogP contribution in [0, 0.1) is 18.8 Å². The minimum Gasteiger partial charge on any atom is -0.364 e. The predicted octanol–water partition coefficient (Wildman–Crippen LogP) is 2.44. The van der Waals surface area contributed by atoms with Gasteiger partial charge in [0.15, 0.2) is 0 Å². The van der Waals surface area contributed by atoms with Crippen LogP contribution >= 0.6 is 11.6 Å². The van der Waals surface area contributed by atoms with E-state index in [2.05, 4.69) is 15.6 Å². The molecule has 9 heteroatoms. The highest BCUT2D eigenvalue weighted by Gasteiger charge is 2.36. The van der Waals surface area contributed by atoms with Crippen molar-refractivity contribution in [2.24, 2.45) is 11.8 Å². The summed E-state index contributed by atoms with van der Waals surface area (Å²) in [6.07, 6.45) is 8.19. The smallest absolute Gasteiger partial charge is 0.262 e. The van der Waals surface area contributed by atoms with Crippen LogP contribution in [0.5, 0.6) is 0 Å². The molecule has 0 aromatic carbocycles. The van der Waals surface area contributed by atoms with E-state index >= 15 is 0 Å². The third-order valence-corrected chi connectivity index (χ3v) is 5.81. The first-order valence-electron chi connectivity index (χ1n) is 10.7. The van der Waals surface area contributed by atoms with Crippen LogP contribution in [0.25, 0.3) is 6.08 Å². The van der Waals surface area contributed by atoms with Crippen LogP contribution < -0.4 is 16.1 Å². The second kappa shape index (κ2) is 11.3. The molecule has 1 aliphatic carbocycles. The fourth-order valence-corrected chi connectivity index (χ4v) is 3.77. The van der Waals surface area contributed by atoms with E-state index in [1.807, 2.05) is 46.0 Å². The minimum atomic E-state index is -1.26. The maximum Gasteiger partial charge on any atom is 0.262 e. The normalized spacial score (nSPS) is 16.7. The number of aromatic amines is 1. The Kier molecular flexibility index (Phi) is 9.13. The van der Waals surface area contributed by atoms with Crippen molar-refractivity contribution in [3.05, 3.63) is 29.1 Å². The fourth-order valence-electron chi connectivity index (χ4n) is 3.51. The Labute approximate surface area is 188 Å². The zero-order chi connectivity index (χ0) is 23.1. The van der Waals surface area contributed by atoms with Crippen molar-refractivity contribution >= 4 is 35.4 Å². The zero-order valence-electron chi connectivity index (χ0n) is 18.5. The number of aromatic nitrogens is 1. The molecule has 1 saturated carbocycles. The van der Waals surface area contributed by atoms with Crippen LogP contribution in [-0.4, -0.2) is 45.4 Å². The summed E-state index contributed by atoms with van der Waals surface area (Å²) in [5, 5.41) is 13.4. The van der Waals surface area contributed by atoms with Crippen molar-refractivity contribution in [2.75, 3.05) is 0 Å². The summed E-state index contributed by atoms with van der Waals surface area (Å²) in [5.41, 5.74) is 4.36. The lowest BCUT2D eigenvalue weighted by atomic mass is 9.92. The fraction of sp³-hybridized carbons (Fsp3) is 0.591. The number of hydrogen-bond acceptors (Lipinski definition) is 4. The summed E-state index contributed by atoms with van der Waals surface area (Å²) < 4.78 is 0. The number of hydrogen-bond donors (Lipinski definition) is 5. The second-order valence-electron chi connectivity index (χ2n) is 8.51. The Morgan fingerprint density at radius 1 is 1.26 bits per heavy atom. The lowest BCUT2D eigenvalue weighted by molar-refractivity contribution is -0.136. The quantitative estimate of drug-likeness (QED) is 0.201. The molecule has 1 fully saturated rings. The van der Waals surface area contributed by atoms with Gasteiger partial charge in [0.05, 0.1) is 5.92 Å². The lowest BCUT2D eigenvalue weighted by Gasteiger charge is -2.25. The Balaban J connectivity index is 2.25. The topological polar surface area (TPSA) is 123 Å². The van der Waals surface area contributed by atoms with E-state index in [4.69, 9.17) is 16.8 Å². The number of carbonyl (C=O) groups is 3. The molecule has 0 aliphatic heterocycles. The average molecular weight is 453 g/mol. The first kappa shape index (κ1) is 24.9. The van der Waals surface area contributed by atoms with E-state index in [9.17, 15) is 14.4 Å². The van der Waals surface area contributed by atoms with Crippen molar-refractivity contribution in [1.29, 1.82) is 0 Å². The highest BCUT2D eigenvalue weighted by Crippen LogP contribution is 2.23. The molecule has 31 heavy (non-hydrogen) atoms. The highest BCUT2D eigenvalue weighted by molar-refractivity contribution is 6.32. The first-order valence-corrected chi connectivity index (χ1v) is 11.1. The molecule has 3 atom stereocenters. The molecule has 0 radical (unpaired) electrons. The van der Waals surface area contributed by atoms with Gasteiger partial charge < -0.3 is 15.6 Å². The number of aryl methyl sites for hydroxylation is 1. The molecular formula is C22H33ClN4O4. The van der Waals surface area contributed by atoms with Gasteiger partial charge >= 0.3 is 0 Å². The maximum absolute atomic E-state index is 13.1. The predicted molar refractivity (Wildman–Crippen MR) is 120 cm³/mol. The third-order valence-electron chi connectivity index (χ3n) is 5.30. The van der Waals surface area contributed by atoms with E-state index in [0.29, 0.717) is 12.8 Å². The molecule has 3 amide bonds. The molecule has 5 N–H and O–H groups in total. The third kappa shape index (κ3) is 7.11. The Morgan fingerprint density at radius 2 is 1.94 bits per heavy atom. The molecule has 1 aromatic heterocycles. The highest BCUT2D eigenvalue weighted by atomic mass is 35.5. The number of rotatable bonds is 11. The largest absolute Gasteiger partial charge is 0.364 e. The van der Waals surface area contributed by atoms with Gasteiger partial charge in [0.25, 0.3) is 5.91 Å². The van der Waals surface area contributed by atoms with Gasteiger partial charge in [-0.3, -0.25) is 19.6 Å². The molecule has 0 spiro atoms. The molecular weight excluding hydrogens is 420 g/mol. The monoisotopic (exact) mass is 452 g/mol. The van der Waals surface area contributed by atoms with Gasteiger partial charge in [-0.2, -0.15) is 0 Å². The number of carbonyl (C=O) groups excluding carboxylic acids is 3. The number of nitrogens with one attached hydrogen (secondary N) is 4. The summed E-state index contributed by atoms with van der Waals surface area (Å²) in [4.78, 5) is 41.0. The maximum atomic E-state index is 13.1. The van der Waals surface area contributed by atoms with E-state index in [1.54, 1.807) is 0 Å². The van der Waals surface area contributed by atoms with Crippen LogP contribution in [0.3, 0.4) is 0 Å². The van der Waals surface area contributed by atoms with Gasteiger partial charge in [-0.1, -0.05) is 26.0 Å². The van der Waals surface area contributed by atoms with Crippen molar-refractivity contribution in [1.82, 2.24) is 21.1 Å². The summed E-state index contributed by atoms with van der Waals surface area (Å²) >= 11 is 6.18.